The summed E-state index contributed by atoms with van der Waals surface area (Å²) in [5.41, 5.74) is -9.43. The van der Waals surface area contributed by atoms with Crippen LogP contribution in [0.25, 0.3) is 0 Å². The molecule has 18 heteroatoms. The lowest BCUT2D eigenvalue weighted by atomic mass is 10.00. The van der Waals surface area contributed by atoms with E-state index < -0.39 is 52.2 Å². The Labute approximate surface area is 124 Å². The van der Waals surface area contributed by atoms with E-state index in [4.69, 9.17) is 0 Å². The molecule has 0 aromatic carbocycles. The molecule has 25 heavy (non-hydrogen) atoms. The van der Waals surface area contributed by atoms with Gasteiger partial charge in [-0.3, -0.25) is 0 Å². The Bertz CT molecular complexity index is 510. The molecule has 0 aromatic rings. The normalized spacial score (nSPS) is 15.8. The summed E-state index contributed by atoms with van der Waals surface area (Å²) < 4.78 is 197. The Morgan fingerprint density at radius 2 is 0.800 bits per heavy atom. The molecule has 0 spiro atoms. The maximum atomic E-state index is 13.1. The van der Waals surface area contributed by atoms with Crippen LogP contribution in [0.5, 0.6) is 0 Å². The molecule has 0 saturated carbocycles. The fraction of sp³-hybridized carbons (Fsp3) is 0.714. The van der Waals surface area contributed by atoms with Gasteiger partial charge in [0.15, 0.2) is 5.70 Å². The van der Waals surface area contributed by atoms with Crippen LogP contribution in [-0.4, -0.2) is 40.8 Å². The number of halogens is 16. The predicted octanol–water partition coefficient (Wildman–Crippen LogP) is 5.37. The Kier molecular flexibility index (Phi) is 5.74. The third-order valence-electron chi connectivity index (χ3n) is 2.27. The van der Waals surface area contributed by atoms with Gasteiger partial charge in [0.25, 0.3) is 0 Å². The Morgan fingerprint density at radius 3 is 1.00 bits per heavy atom. The Morgan fingerprint density at radius 1 is 0.480 bits per heavy atom. The van der Waals surface area contributed by atoms with Gasteiger partial charge in [-0.1, -0.05) is 17.9 Å². The summed E-state index contributed by atoms with van der Waals surface area (Å²) >= 11 is 0. The summed E-state index contributed by atoms with van der Waals surface area (Å²) in [6.45, 7) is 0. The highest BCUT2D eigenvalue weighted by atomic mass is 19.4. The Hall–Kier alpha value is -1.78. The zero-order valence-corrected chi connectivity index (χ0v) is 10.4. The molecule has 0 heterocycles. The standard InChI is InChI=1S/C7F16N2/c8-3(9,5(13,14)6(15,16)7(17,18)19)1(24(20)21)2(25(22)23)4(10,11)12/b2-1+. The molecule has 0 aliphatic heterocycles. The van der Waals surface area contributed by atoms with Crippen molar-refractivity contribution in [2.75, 3.05) is 0 Å². The van der Waals surface area contributed by atoms with Crippen LogP contribution < -0.4 is 0 Å². The van der Waals surface area contributed by atoms with E-state index in [2.05, 4.69) is 0 Å². The molecular formula is C7F16N2. The minimum Gasteiger partial charge on any atom is -0.192 e. The SMILES string of the molecule is FN(F)/C(=C(/N(F)F)C(F)(F)C(F)(F)C(F)(F)C(F)(F)F)C(F)(F)F. The summed E-state index contributed by atoms with van der Waals surface area (Å²) in [5, 5.41) is -7.41. The average molecular weight is 416 g/mol. The number of allylic oxidation sites excluding steroid dienone is 2. The van der Waals surface area contributed by atoms with Crippen molar-refractivity contribution < 1.29 is 70.6 Å². The molecule has 0 unspecified atom stereocenters. The van der Waals surface area contributed by atoms with Gasteiger partial charge in [-0.2, -0.15) is 52.7 Å². The van der Waals surface area contributed by atoms with Gasteiger partial charge in [-0.25, -0.2) is 0 Å². The lowest BCUT2D eigenvalue weighted by Crippen LogP contribution is -2.62. The molecule has 150 valence electrons. The van der Waals surface area contributed by atoms with Crippen molar-refractivity contribution in [3.63, 3.8) is 0 Å². The van der Waals surface area contributed by atoms with Crippen molar-refractivity contribution in [3.05, 3.63) is 11.4 Å². The van der Waals surface area contributed by atoms with Crippen molar-refractivity contribution in [2.45, 2.75) is 30.1 Å². The summed E-state index contributed by atoms with van der Waals surface area (Å²) in [7, 11) is 0. The number of hydrogen-bond donors (Lipinski definition) is 0. The van der Waals surface area contributed by atoms with Crippen molar-refractivity contribution in [3.8, 4) is 0 Å². The zero-order valence-electron chi connectivity index (χ0n) is 10.4. The van der Waals surface area contributed by atoms with Crippen LogP contribution in [-0.2, 0) is 0 Å². The zero-order chi connectivity index (χ0) is 20.8. The quantitative estimate of drug-likeness (QED) is 0.440. The Balaban J connectivity index is 6.88. The highest BCUT2D eigenvalue weighted by molar-refractivity contribution is 5.25. The van der Waals surface area contributed by atoms with Gasteiger partial charge in [0.1, 0.15) is 0 Å². The number of alkyl halides is 12. The molecule has 0 aliphatic rings. The highest BCUT2D eigenvalue weighted by Gasteiger charge is 2.84. The van der Waals surface area contributed by atoms with Gasteiger partial charge in [-0.05, 0) is 10.7 Å². The second kappa shape index (κ2) is 6.19. The van der Waals surface area contributed by atoms with Gasteiger partial charge in [0, 0.05) is 0 Å². The van der Waals surface area contributed by atoms with Crippen molar-refractivity contribution in [2.24, 2.45) is 0 Å². The van der Waals surface area contributed by atoms with Gasteiger partial charge in [0.2, 0.25) is 5.70 Å². The van der Waals surface area contributed by atoms with Crippen molar-refractivity contribution in [1.82, 2.24) is 10.7 Å². The van der Waals surface area contributed by atoms with Gasteiger partial charge >= 0.3 is 30.1 Å². The smallest absolute Gasteiger partial charge is 0.192 e. The molecule has 0 N–H and O–H groups in total. The molecular weight excluding hydrogens is 416 g/mol. The number of hydrogen-bond acceptors (Lipinski definition) is 2. The van der Waals surface area contributed by atoms with E-state index in [1.165, 1.54) is 0 Å². The third kappa shape index (κ3) is 3.75. The van der Waals surface area contributed by atoms with Crippen LogP contribution in [0.4, 0.5) is 70.6 Å². The van der Waals surface area contributed by atoms with E-state index in [0.717, 1.165) is 0 Å². The molecule has 2 nitrogen and oxygen atoms in total. The predicted molar refractivity (Wildman–Crippen MR) is 42.1 cm³/mol. The molecule has 0 aliphatic carbocycles. The molecule has 0 aromatic heterocycles. The molecule has 0 rings (SSSR count). The first-order valence-electron chi connectivity index (χ1n) is 4.89. The highest BCUT2D eigenvalue weighted by Crippen LogP contribution is 2.57. The van der Waals surface area contributed by atoms with Gasteiger partial charge in [-0.15, -0.1) is 0 Å². The van der Waals surface area contributed by atoms with E-state index in [-0.39, 0.29) is 0 Å². The first-order chi connectivity index (χ1) is 10.6. The maximum Gasteiger partial charge on any atom is 0.460 e. The summed E-state index contributed by atoms with van der Waals surface area (Å²) in [6.07, 6.45) is -14.5. The fourth-order valence-corrected chi connectivity index (χ4v) is 1.17. The van der Waals surface area contributed by atoms with E-state index in [0.29, 0.717) is 0 Å². The molecule has 0 atom stereocenters. The molecule has 0 fully saturated rings. The summed E-state index contributed by atoms with van der Waals surface area (Å²) in [5.74, 6) is -23.6. The second-order valence-electron chi connectivity index (χ2n) is 3.88. The monoisotopic (exact) mass is 416 g/mol. The number of rotatable bonds is 5. The first kappa shape index (κ1) is 23.2. The van der Waals surface area contributed by atoms with Crippen LogP contribution in [0.1, 0.15) is 0 Å². The molecule has 0 saturated heterocycles. The molecule has 0 bridgehead atoms. The summed E-state index contributed by atoms with van der Waals surface area (Å²) in [6, 6.07) is 0. The average Bonchev–Trinajstić information content (AvgIpc) is 2.30. The molecule has 0 radical (unpaired) electrons. The van der Waals surface area contributed by atoms with E-state index in [1.807, 2.05) is 0 Å². The molecule has 0 amide bonds. The minimum atomic E-state index is -8.02. The van der Waals surface area contributed by atoms with Crippen LogP contribution in [0.3, 0.4) is 0 Å². The van der Waals surface area contributed by atoms with Crippen molar-refractivity contribution in [1.29, 1.82) is 0 Å². The van der Waals surface area contributed by atoms with Gasteiger partial charge < -0.3 is 0 Å². The van der Waals surface area contributed by atoms with Crippen LogP contribution >= 0.6 is 0 Å². The van der Waals surface area contributed by atoms with Crippen LogP contribution in [0.15, 0.2) is 11.4 Å². The first-order valence-corrected chi connectivity index (χ1v) is 4.89. The fourth-order valence-electron chi connectivity index (χ4n) is 1.17. The van der Waals surface area contributed by atoms with Crippen LogP contribution in [0, 0.1) is 0 Å². The van der Waals surface area contributed by atoms with Crippen molar-refractivity contribution >= 4 is 0 Å². The largest absolute Gasteiger partial charge is 0.460 e. The van der Waals surface area contributed by atoms with E-state index in [1.54, 1.807) is 0 Å². The minimum absolute atomic E-state index is 3.63. The maximum absolute atomic E-state index is 13.1. The number of nitrogens with zero attached hydrogens (tertiary/aromatic N) is 2. The second-order valence-corrected chi connectivity index (χ2v) is 3.88. The summed E-state index contributed by atoms with van der Waals surface area (Å²) in [4.78, 5) is 0. The lowest BCUT2D eigenvalue weighted by molar-refractivity contribution is -0.396. The van der Waals surface area contributed by atoms with E-state index >= 15 is 0 Å². The topological polar surface area (TPSA) is 6.48 Å². The van der Waals surface area contributed by atoms with Crippen LogP contribution in [0.2, 0.25) is 0 Å². The lowest BCUT2D eigenvalue weighted by Gasteiger charge is -2.35. The van der Waals surface area contributed by atoms with E-state index in [9.17, 15) is 70.6 Å². The third-order valence-corrected chi connectivity index (χ3v) is 2.27. The van der Waals surface area contributed by atoms with Gasteiger partial charge in [0.05, 0.1) is 0 Å².